The van der Waals surface area contributed by atoms with E-state index in [0.717, 1.165) is 18.1 Å². The number of nitrogens with two attached hydrogens (primary N) is 1. The molecule has 17 heavy (non-hydrogen) atoms. The molecule has 0 aromatic rings. The third-order valence-electron chi connectivity index (χ3n) is 6.31. The highest BCUT2D eigenvalue weighted by Gasteiger charge is 2.69. The minimum Gasteiger partial charge on any atom is -0.328 e. The van der Waals surface area contributed by atoms with Crippen molar-refractivity contribution in [3.8, 4) is 0 Å². The molecule has 0 spiro atoms. The first kappa shape index (κ1) is 12.0. The normalized spacial score (nSPS) is 44.6. The number of piperidine rings is 2. The van der Waals surface area contributed by atoms with Crippen LogP contribution in [-0.4, -0.2) is 29.1 Å². The molecular weight excluding hydrogens is 208 g/mol. The summed E-state index contributed by atoms with van der Waals surface area (Å²) in [5.74, 6) is 0. The van der Waals surface area contributed by atoms with Gasteiger partial charge < -0.3 is 5.73 Å². The molecule has 3 aliphatic rings. The van der Waals surface area contributed by atoms with Gasteiger partial charge in [0.05, 0.1) is 0 Å². The topological polar surface area (TPSA) is 29.3 Å². The average molecular weight is 236 g/mol. The highest BCUT2D eigenvalue weighted by molar-refractivity contribution is 5.21. The van der Waals surface area contributed by atoms with E-state index in [1.807, 2.05) is 0 Å². The molecule has 2 N–H and O–H groups in total. The summed E-state index contributed by atoms with van der Waals surface area (Å²) in [5.41, 5.74) is 7.19. The van der Waals surface area contributed by atoms with Crippen molar-refractivity contribution in [3.63, 3.8) is 0 Å². The van der Waals surface area contributed by atoms with Gasteiger partial charge in [-0.1, -0.05) is 34.1 Å². The van der Waals surface area contributed by atoms with Crippen LogP contribution in [0.5, 0.6) is 0 Å². The first-order chi connectivity index (χ1) is 7.85. The second-order valence-electron chi connectivity index (χ2n) is 7.76. The Hall–Kier alpha value is -0.0800. The molecule has 2 heterocycles. The molecule has 0 radical (unpaired) electrons. The van der Waals surface area contributed by atoms with Crippen LogP contribution in [0.4, 0.5) is 0 Å². The summed E-state index contributed by atoms with van der Waals surface area (Å²) in [4.78, 5) is 2.88. The van der Waals surface area contributed by atoms with Crippen LogP contribution >= 0.6 is 0 Å². The van der Waals surface area contributed by atoms with Gasteiger partial charge in [0.2, 0.25) is 0 Å². The fraction of sp³-hybridized carbons (Fsp3) is 1.00. The second-order valence-corrected chi connectivity index (χ2v) is 7.76. The third kappa shape index (κ3) is 1.53. The van der Waals surface area contributed by atoms with E-state index < -0.39 is 0 Å². The largest absolute Gasteiger partial charge is 0.328 e. The van der Waals surface area contributed by atoms with E-state index in [4.69, 9.17) is 5.73 Å². The van der Waals surface area contributed by atoms with Gasteiger partial charge in [-0.15, -0.1) is 0 Å². The van der Waals surface area contributed by atoms with E-state index in [1.165, 1.54) is 32.1 Å². The van der Waals surface area contributed by atoms with Crippen LogP contribution < -0.4 is 5.73 Å². The lowest BCUT2D eigenvalue weighted by Crippen LogP contribution is -2.57. The van der Waals surface area contributed by atoms with E-state index in [2.05, 4.69) is 32.6 Å². The molecule has 0 aromatic carbocycles. The molecule has 2 bridgehead atoms. The summed E-state index contributed by atoms with van der Waals surface area (Å²) in [6.07, 6.45) is 6.66. The van der Waals surface area contributed by atoms with Gasteiger partial charge in [0, 0.05) is 24.2 Å². The summed E-state index contributed by atoms with van der Waals surface area (Å²) in [7, 11) is 0. The smallest absolute Gasteiger partial charge is 0.0215 e. The van der Waals surface area contributed by atoms with E-state index in [9.17, 15) is 0 Å². The minimum absolute atomic E-state index is 0.464. The first-order valence-electron chi connectivity index (χ1n) is 7.38. The maximum absolute atomic E-state index is 6.22. The van der Waals surface area contributed by atoms with Crippen LogP contribution in [0.2, 0.25) is 0 Å². The predicted molar refractivity (Wildman–Crippen MR) is 71.8 cm³/mol. The number of hydrogen-bond acceptors (Lipinski definition) is 2. The maximum atomic E-state index is 6.22. The van der Waals surface area contributed by atoms with E-state index in [-0.39, 0.29) is 0 Å². The Bertz CT molecular complexity index is 293. The lowest BCUT2D eigenvalue weighted by atomic mass is 9.81. The molecule has 2 saturated heterocycles. The summed E-state index contributed by atoms with van der Waals surface area (Å²) in [5, 5.41) is 0. The molecule has 3 rings (SSSR count). The second kappa shape index (κ2) is 3.48. The fourth-order valence-electron chi connectivity index (χ4n) is 4.79. The Kier molecular flexibility index (Phi) is 2.45. The molecule has 2 aliphatic heterocycles. The molecule has 2 unspecified atom stereocenters. The number of rotatable bonds is 1. The summed E-state index contributed by atoms with van der Waals surface area (Å²) < 4.78 is 0. The third-order valence-corrected chi connectivity index (χ3v) is 6.31. The molecule has 98 valence electrons. The van der Waals surface area contributed by atoms with Crippen molar-refractivity contribution < 1.29 is 0 Å². The Morgan fingerprint density at radius 1 is 0.941 bits per heavy atom. The lowest BCUT2D eigenvalue weighted by molar-refractivity contribution is 0.00946. The average Bonchev–Trinajstić information content (AvgIpc) is 2.57. The van der Waals surface area contributed by atoms with Crippen molar-refractivity contribution in [1.29, 1.82) is 0 Å². The van der Waals surface area contributed by atoms with Gasteiger partial charge in [-0.05, 0) is 36.5 Å². The number of fused-ring (bicyclic) bond motifs is 2. The fourth-order valence-corrected chi connectivity index (χ4v) is 4.79. The molecule has 0 amide bonds. The Morgan fingerprint density at radius 2 is 1.41 bits per heavy atom. The molecule has 1 saturated carbocycles. The zero-order valence-corrected chi connectivity index (χ0v) is 11.9. The Labute approximate surface area is 106 Å². The van der Waals surface area contributed by atoms with Crippen molar-refractivity contribution in [3.05, 3.63) is 0 Å². The zero-order valence-electron chi connectivity index (χ0n) is 11.9. The van der Waals surface area contributed by atoms with Gasteiger partial charge in [-0.2, -0.15) is 0 Å². The number of hydrogen-bond donors (Lipinski definition) is 1. The zero-order chi connectivity index (χ0) is 12.4. The summed E-state index contributed by atoms with van der Waals surface area (Å²) in [6, 6.07) is 2.82. The summed E-state index contributed by atoms with van der Waals surface area (Å²) >= 11 is 0. The predicted octanol–water partition coefficient (Wildman–Crippen LogP) is 2.77. The van der Waals surface area contributed by atoms with E-state index in [0.29, 0.717) is 16.9 Å². The maximum Gasteiger partial charge on any atom is 0.0215 e. The van der Waals surface area contributed by atoms with E-state index >= 15 is 0 Å². The first-order valence-corrected chi connectivity index (χ1v) is 7.38. The molecule has 3 fully saturated rings. The van der Waals surface area contributed by atoms with Crippen molar-refractivity contribution in [1.82, 2.24) is 4.90 Å². The van der Waals surface area contributed by atoms with Crippen molar-refractivity contribution in [2.24, 2.45) is 16.6 Å². The number of nitrogens with zero attached hydrogens (tertiary/aromatic N) is 1. The molecule has 2 nitrogen and oxygen atoms in total. The summed E-state index contributed by atoms with van der Waals surface area (Å²) in [6.45, 7) is 9.79. The van der Waals surface area contributed by atoms with Crippen LogP contribution in [0.3, 0.4) is 0 Å². The van der Waals surface area contributed by atoms with Gasteiger partial charge in [0.1, 0.15) is 0 Å². The molecule has 1 aliphatic carbocycles. The van der Waals surface area contributed by atoms with Crippen molar-refractivity contribution in [2.45, 2.75) is 84.0 Å². The van der Waals surface area contributed by atoms with Crippen LogP contribution in [0, 0.1) is 10.8 Å². The standard InChI is InChI=1S/C15H28N2/c1-14(2)13(15(14,3)4)17-11-6-5-7-12(17)9-10(16)8-11/h10-13H,5-9,16H2,1-4H3. The highest BCUT2D eigenvalue weighted by Crippen LogP contribution is 2.67. The van der Waals surface area contributed by atoms with Crippen LogP contribution in [-0.2, 0) is 0 Å². The Morgan fingerprint density at radius 3 is 1.82 bits per heavy atom. The van der Waals surface area contributed by atoms with E-state index in [1.54, 1.807) is 0 Å². The molecular formula is C15H28N2. The van der Waals surface area contributed by atoms with Gasteiger partial charge >= 0.3 is 0 Å². The monoisotopic (exact) mass is 236 g/mol. The van der Waals surface area contributed by atoms with Gasteiger partial charge in [0.25, 0.3) is 0 Å². The van der Waals surface area contributed by atoms with Crippen LogP contribution in [0.1, 0.15) is 59.8 Å². The Balaban J connectivity index is 1.85. The van der Waals surface area contributed by atoms with Gasteiger partial charge in [-0.3, -0.25) is 4.90 Å². The van der Waals surface area contributed by atoms with Crippen molar-refractivity contribution >= 4 is 0 Å². The molecule has 2 heteroatoms. The lowest BCUT2D eigenvalue weighted by Gasteiger charge is -2.49. The van der Waals surface area contributed by atoms with Crippen LogP contribution in [0.15, 0.2) is 0 Å². The van der Waals surface area contributed by atoms with Crippen LogP contribution in [0.25, 0.3) is 0 Å². The minimum atomic E-state index is 0.464. The SMILES string of the molecule is CC1(C)C(N2C3CCCC2CC(N)C3)C1(C)C. The van der Waals surface area contributed by atoms with Crippen molar-refractivity contribution in [2.75, 3.05) is 0 Å². The quantitative estimate of drug-likeness (QED) is 0.758. The molecule has 0 aromatic heterocycles. The highest BCUT2D eigenvalue weighted by atomic mass is 15.3. The molecule has 2 atom stereocenters. The van der Waals surface area contributed by atoms with Gasteiger partial charge in [0.15, 0.2) is 0 Å². The van der Waals surface area contributed by atoms with Gasteiger partial charge in [-0.25, -0.2) is 0 Å².